The first-order valence-electron chi connectivity index (χ1n) is 3.07. The molecule has 0 aromatic rings. The van der Waals surface area contributed by atoms with Gasteiger partial charge in [-0.15, -0.1) is 0 Å². The lowest BCUT2D eigenvalue weighted by Crippen LogP contribution is -2.31. The van der Waals surface area contributed by atoms with Crippen LogP contribution in [0.4, 0.5) is 0 Å². The van der Waals surface area contributed by atoms with Crippen molar-refractivity contribution in [2.24, 2.45) is 0 Å². The minimum atomic E-state index is -0.533. The van der Waals surface area contributed by atoms with Gasteiger partial charge in [0.25, 0.3) is 0 Å². The number of hydrogen-bond donors (Lipinski definition) is 2. The van der Waals surface area contributed by atoms with Crippen LogP contribution in [0.3, 0.4) is 0 Å². The normalized spacial score (nSPS) is 13.2. The molecular formula is C6H13NO2. The predicted molar refractivity (Wildman–Crippen MR) is 35.0 cm³/mol. The zero-order valence-electron chi connectivity index (χ0n) is 5.85. The third-order valence-electron chi connectivity index (χ3n) is 0.973. The van der Waals surface area contributed by atoms with Gasteiger partial charge in [0.1, 0.15) is 12.0 Å². The monoisotopic (exact) mass is 131 g/mol. The number of nitrogens with one attached hydrogen (secondary N) is 1. The summed E-state index contributed by atoms with van der Waals surface area (Å²) in [6, 6.07) is 0. The summed E-state index contributed by atoms with van der Waals surface area (Å²) in [6.45, 7) is 3.59. The van der Waals surface area contributed by atoms with Gasteiger partial charge in [-0.1, -0.05) is 6.92 Å². The largest absolute Gasteiger partial charge is 0.379 e. The molecular weight excluding hydrogens is 118 g/mol. The van der Waals surface area contributed by atoms with Crippen molar-refractivity contribution in [3.8, 4) is 0 Å². The lowest BCUT2D eigenvalue weighted by molar-refractivity contribution is -0.116. The number of rotatable bonds is 4. The summed E-state index contributed by atoms with van der Waals surface area (Å²) in [4.78, 5) is 10.3. The quantitative estimate of drug-likeness (QED) is 0.523. The van der Waals surface area contributed by atoms with E-state index in [1.54, 1.807) is 0 Å². The maximum atomic E-state index is 10.3. The summed E-state index contributed by atoms with van der Waals surface area (Å²) in [5.41, 5.74) is 0. The molecule has 0 bridgehead atoms. The highest BCUT2D eigenvalue weighted by Crippen LogP contribution is 1.81. The summed E-state index contributed by atoms with van der Waals surface area (Å²) < 4.78 is 0. The van der Waals surface area contributed by atoms with Gasteiger partial charge in [-0.25, -0.2) is 0 Å². The van der Waals surface area contributed by atoms with Crippen LogP contribution in [-0.4, -0.2) is 23.7 Å². The smallest absolute Gasteiger partial charge is 0.143 e. The van der Waals surface area contributed by atoms with E-state index in [4.69, 9.17) is 5.11 Å². The van der Waals surface area contributed by atoms with Crippen molar-refractivity contribution < 1.29 is 9.90 Å². The van der Waals surface area contributed by atoms with Gasteiger partial charge in [-0.2, -0.15) is 0 Å². The Morgan fingerprint density at radius 1 is 1.78 bits per heavy atom. The van der Waals surface area contributed by atoms with E-state index in [9.17, 15) is 4.79 Å². The Balaban J connectivity index is 3.16. The third-order valence-corrected chi connectivity index (χ3v) is 0.973. The molecule has 0 aromatic carbocycles. The number of aliphatic hydroxyl groups excluding tert-OH is 1. The topological polar surface area (TPSA) is 49.3 Å². The van der Waals surface area contributed by atoms with Crippen LogP contribution in [0.25, 0.3) is 0 Å². The van der Waals surface area contributed by atoms with Crippen LogP contribution < -0.4 is 5.32 Å². The number of hydrogen-bond acceptors (Lipinski definition) is 3. The van der Waals surface area contributed by atoms with E-state index >= 15 is 0 Å². The summed E-state index contributed by atoms with van der Waals surface area (Å²) in [5, 5.41) is 11.5. The average molecular weight is 131 g/mol. The average Bonchev–Trinajstić information content (AvgIpc) is 1.83. The second kappa shape index (κ2) is 4.47. The highest BCUT2D eigenvalue weighted by molar-refractivity contribution is 5.77. The van der Waals surface area contributed by atoms with Crippen molar-refractivity contribution in [2.75, 3.05) is 6.54 Å². The van der Waals surface area contributed by atoms with E-state index in [-0.39, 0.29) is 12.3 Å². The number of Topliss-reactive ketones (excluding diaryl/α,β-unsaturated/α-hetero) is 1. The van der Waals surface area contributed by atoms with Crippen molar-refractivity contribution >= 4 is 5.78 Å². The molecule has 3 nitrogen and oxygen atoms in total. The van der Waals surface area contributed by atoms with E-state index in [1.807, 2.05) is 6.92 Å². The Labute approximate surface area is 55.1 Å². The Bertz CT molecular complexity index is 93.1. The molecule has 9 heavy (non-hydrogen) atoms. The van der Waals surface area contributed by atoms with Crippen molar-refractivity contribution in [2.45, 2.75) is 26.5 Å². The molecule has 0 spiro atoms. The van der Waals surface area contributed by atoms with Crippen molar-refractivity contribution in [1.29, 1.82) is 0 Å². The second-order valence-electron chi connectivity index (χ2n) is 2.01. The maximum Gasteiger partial charge on any atom is 0.143 e. The van der Waals surface area contributed by atoms with Crippen molar-refractivity contribution in [1.82, 2.24) is 5.32 Å². The molecule has 0 rings (SSSR count). The molecule has 0 aliphatic heterocycles. The Morgan fingerprint density at radius 2 is 2.33 bits per heavy atom. The van der Waals surface area contributed by atoms with Crippen LogP contribution in [0.5, 0.6) is 0 Å². The minimum absolute atomic E-state index is 0.0440. The van der Waals surface area contributed by atoms with Gasteiger partial charge in [0, 0.05) is 0 Å². The van der Waals surface area contributed by atoms with E-state index in [1.165, 1.54) is 6.92 Å². The highest BCUT2D eigenvalue weighted by atomic mass is 16.3. The number of carbonyl (C=O) groups excluding carboxylic acids is 1. The number of aliphatic hydroxyl groups is 1. The van der Waals surface area contributed by atoms with Gasteiger partial charge in [0.05, 0.1) is 6.54 Å². The molecule has 0 saturated carbocycles. The fraction of sp³-hybridized carbons (Fsp3) is 0.833. The molecule has 1 unspecified atom stereocenters. The maximum absolute atomic E-state index is 10.3. The Morgan fingerprint density at radius 3 is 2.67 bits per heavy atom. The van der Waals surface area contributed by atoms with Gasteiger partial charge < -0.3 is 5.11 Å². The van der Waals surface area contributed by atoms with E-state index in [2.05, 4.69) is 5.32 Å². The molecule has 0 aliphatic rings. The zero-order chi connectivity index (χ0) is 7.28. The molecule has 0 aliphatic carbocycles. The molecule has 2 N–H and O–H groups in total. The SMILES string of the molecule is CCC(O)NCC(C)=O. The molecule has 0 radical (unpaired) electrons. The minimum Gasteiger partial charge on any atom is -0.379 e. The fourth-order valence-electron chi connectivity index (χ4n) is 0.406. The third kappa shape index (κ3) is 5.46. The summed E-state index contributed by atoms with van der Waals surface area (Å²) in [6.07, 6.45) is 0.0988. The first kappa shape index (κ1) is 8.59. The second-order valence-corrected chi connectivity index (χ2v) is 2.01. The van der Waals surface area contributed by atoms with Gasteiger partial charge in [-0.3, -0.25) is 10.1 Å². The van der Waals surface area contributed by atoms with Crippen molar-refractivity contribution in [3.05, 3.63) is 0 Å². The van der Waals surface area contributed by atoms with Crippen LogP contribution in [0.15, 0.2) is 0 Å². The van der Waals surface area contributed by atoms with Gasteiger partial charge in [0.15, 0.2) is 0 Å². The van der Waals surface area contributed by atoms with Crippen LogP contribution >= 0.6 is 0 Å². The van der Waals surface area contributed by atoms with Crippen LogP contribution in [-0.2, 0) is 4.79 Å². The van der Waals surface area contributed by atoms with Crippen LogP contribution in [0.1, 0.15) is 20.3 Å². The summed E-state index contributed by atoms with van der Waals surface area (Å²) in [7, 11) is 0. The zero-order valence-corrected chi connectivity index (χ0v) is 5.85. The molecule has 0 aromatic heterocycles. The highest BCUT2D eigenvalue weighted by Gasteiger charge is 1.98. The van der Waals surface area contributed by atoms with Crippen LogP contribution in [0.2, 0.25) is 0 Å². The predicted octanol–water partition coefficient (Wildman–Crippen LogP) is -0.107. The van der Waals surface area contributed by atoms with Crippen LogP contribution in [0, 0.1) is 0 Å². The molecule has 0 saturated heterocycles. The number of ketones is 1. The molecule has 0 amide bonds. The number of carbonyl (C=O) groups is 1. The molecule has 0 fully saturated rings. The molecule has 0 heterocycles. The molecule has 54 valence electrons. The van der Waals surface area contributed by atoms with E-state index in [0.29, 0.717) is 6.42 Å². The first-order chi connectivity index (χ1) is 4.16. The first-order valence-corrected chi connectivity index (χ1v) is 3.07. The van der Waals surface area contributed by atoms with Crippen molar-refractivity contribution in [3.63, 3.8) is 0 Å². The van der Waals surface area contributed by atoms with E-state index in [0.717, 1.165) is 0 Å². The summed E-state index contributed by atoms with van der Waals surface area (Å²) >= 11 is 0. The Kier molecular flexibility index (Phi) is 4.26. The van der Waals surface area contributed by atoms with Gasteiger partial charge in [0.2, 0.25) is 0 Å². The fourth-order valence-corrected chi connectivity index (χ4v) is 0.406. The van der Waals surface area contributed by atoms with Gasteiger partial charge in [-0.05, 0) is 13.3 Å². The summed E-state index contributed by atoms with van der Waals surface area (Å²) in [5.74, 6) is 0.0440. The molecule has 3 heteroatoms. The Hall–Kier alpha value is -0.410. The van der Waals surface area contributed by atoms with Gasteiger partial charge >= 0.3 is 0 Å². The lowest BCUT2D eigenvalue weighted by atomic mass is 10.4. The lowest BCUT2D eigenvalue weighted by Gasteiger charge is -2.06. The molecule has 1 atom stereocenters. The standard InChI is InChI=1S/C6H13NO2/c1-3-6(9)7-4-5(2)8/h6-7,9H,3-4H2,1-2H3. The van der Waals surface area contributed by atoms with E-state index < -0.39 is 6.23 Å².